The predicted molar refractivity (Wildman–Crippen MR) is 94.2 cm³/mol. The van der Waals surface area contributed by atoms with Crippen LogP contribution in [-0.2, 0) is 20.9 Å². The molecule has 1 aromatic rings. The summed E-state index contributed by atoms with van der Waals surface area (Å²) in [5.74, 6) is 0.736. The van der Waals surface area contributed by atoms with Crippen molar-refractivity contribution in [2.45, 2.75) is 32.5 Å². The summed E-state index contributed by atoms with van der Waals surface area (Å²) in [6.07, 6.45) is 2.39. The zero-order chi connectivity index (χ0) is 17.6. The Morgan fingerprint density at radius 1 is 1.32 bits per heavy atom. The van der Waals surface area contributed by atoms with Crippen LogP contribution in [0.4, 0.5) is 0 Å². The molecule has 132 valence electrons. The van der Waals surface area contributed by atoms with Gasteiger partial charge in [-0.3, -0.25) is 9.59 Å². The number of hydrogen-bond donors (Lipinski definition) is 3. The van der Waals surface area contributed by atoms with Crippen molar-refractivity contribution in [1.29, 1.82) is 0 Å². The van der Waals surface area contributed by atoms with E-state index in [1.165, 1.54) is 0 Å². The number of carbonyl (C=O) groups excluding carboxylic acids is 2. The van der Waals surface area contributed by atoms with E-state index in [9.17, 15) is 9.59 Å². The summed E-state index contributed by atoms with van der Waals surface area (Å²) in [5.41, 5.74) is 2.97. The Hall–Kier alpha value is -2.60. The highest BCUT2D eigenvalue weighted by Gasteiger charge is 2.29. The van der Waals surface area contributed by atoms with Gasteiger partial charge in [0.1, 0.15) is 5.76 Å². The summed E-state index contributed by atoms with van der Waals surface area (Å²) in [5, 5.41) is 9.27. The van der Waals surface area contributed by atoms with Gasteiger partial charge in [0, 0.05) is 19.5 Å². The SMILES string of the molecule is CC1=CC(=O)CC2=C1NC(CCNC(=O)CNCc1ccccc1)O2. The molecule has 3 N–H and O–H groups in total. The van der Waals surface area contributed by atoms with E-state index in [0.717, 1.165) is 16.8 Å². The number of rotatable bonds is 7. The maximum atomic E-state index is 11.9. The van der Waals surface area contributed by atoms with Crippen molar-refractivity contribution in [3.63, 3.8) is 0 Å². The van der Waals surface area contributed by atoms with E-state index < -0.39 is 0 Å². The minimum Gasteiger partial charge on any atom is -0.472 e. The van der Waals surface area contributed by atoms with Crippen LogP contribution in [0.3, 0.4) is 0 Å². The Morgan fingerprint density at radius 3 is 2.92 bits per heavy atom. The van der Waals surface area contributed by atoms with Crippen molar-refractivity contribution < 1.29 is 14.3 Å². The molecule has 2 aliphatic rings. The van der Waals surface area contributed by atoms with Gasteiger partial charge >= 0.3 is 0 Å². The summed E-state index contributed by atoms with van der Waals surface area (Å²) in [6, 6.07) is 9.96. The van der Waals surface area contributed by atoms with Crippen LogP contribution >= 0.6 is 0 Å². The Labute approximate surface area is 147 Å². The molecule has 3 rings (SSSR count). The molecular formula is C19H23N3O3. The molecule has 0 saturated carbocycles. The summed E-state index contributed by atoms with van der Waals surface area (Å²) in [7, 11) is 0. The van der Waals surface area contributed by atoms with E-state index in [4.69, 9.17) is 4.74 Å². The Kier molecular flexibility index (Phi) is 5.50. The van der Waals surface area contributed by atoms with E-state index in [1.54, 1.807) is 6.08 Å². The van der Waals surface area contributed by atoms with Crippen molar-refractivity contribution in [1.82, 2.24) is 16.0 Å². The topological polar surface area (TPSA) is 79.5 Å². The van der Waals surface area contributed by atoms with Crippen LogP contribution in [0.25, 0.3) is 0 Å². The Morgan fingerprint density at radius 2 is 2.12 bits per heavy atom. The van der Waals surface area contributed by atoms with Crippen LogP contribution < -0.4 is 16.0 Å². The Balaban J connectivity index is 1.32. The molecule has 0 bridgehead atoms. The molecule has 1 unspecified atom stereocenters. The monoisotopic (exact) mass is 341 g/mol. The van der Waals surface area contributed by atoms with E-state index in [-0.39, 0.29) is 24.5 Å². The highest BCUT2D eigenvalue weighted by molar-refractivity contribution is 5.94. The van der Waals surface area contributed by atoms with Gasteiger partial charge in [-0.05, 0) is 24.1 Å². The van der Waals surface area contributed by atoms with Gasteiger partial charge in [0.2, 0.25) is 5.91 Å². The number of allylic oxidation sites excluding steroid dienone is 3. The standard InChI is InChI=1S/C19H23N3O3/c1-13-9-15(23)10-16-19(13)22-18(25-16)7-8-21-17(24)12-20-11-14-5-3-2-4-6-14/h2-6,9,18,20,22H,7-8,10-12H2,1H3,(H,21,24). The first-order valence-corrected chi connectivity index (χ1v) is 8.51. The summed E-state index contributed by atoms with van der Waals surface area (Å²) >= 11 is 0. The average molecular weight is 341 g/mol. The second-order valence-electron chi connectivity index (χ2n) is 6.25. The Bertz CT molecular complexity index is 710. The van der Waals surface area contributed by atoms with Crippen molar-refractivity contribution in [3.8, 4) is 0 Å². The maximum absolute atomic E-state index is 11.9. The van der Waals surface area contributed by atoms with Gasteiger partial charge in [0.05, 0.1) is 18.7 Å². The molecule has 6 nitrogen and oxygen atoms in total. The fraction of sp³-hybridized carbons (Fsp3) is 0.368. The highest BCUT2D eigenvalue weighted by atomic mass is 16.5. The fourth-order valence-corrected chi connectivity index (χ4v) is 2.94. The average Bonchev–Trinajstić information content (AvgIpc) is 2.99. The van der Waals surface area contributed by atoms with E-state index in [0.29, 0.717) is 31.7 Å². The van der Waals surface area contributed by atoms with Gasteiger partial charge < -0.3 is 20.7 Å². The lowest BCUT2D eigenvalue weighted by atomic mass is 10.0. The number of benzene rings is 1. The molecule has 1 aliphatic heterocycles. The van der Waals surface area contributed by atoms with Crippen LogP contribution in [0.5, 0.6) is 0 Å². The van der Waals surface area contributed by atoms with Gasteiger partial charge in [0.15, 0.2) is 12.0 Å². The first kappa shape index (κ1) is 17.2. The number of ether oxygens (including phenoxy) is 1. The molecule has 1 atom stereocenters. The number of ketones is 1. The van der Waals surface area contributed by atoms with Crippen molar-refractivity contribution in [3.05, 3.63) is 59.0 Å². The third kappa shape index (κ3) is 4.70. The molecule has 0 aromatic heterocycles. The third-order valence-electron chi connectivity index (χ3n) is 4.16. The predicted octanol–water partition coefficient (Wildman–Crippen LogP) is 1.36. The third-order valence-corrected chi connectivity index (χ3v) is 4.16. The van der Waals surface area contributed by atoms with Crippen LogP contribution in [0.15, 0.2) is 53.4 Å². The van der Waals surface area contributed by atoms with Crippen molar-refractivity contribution in [2.24, 2.45) is 0 Å². The number of hydrogen-bond acceptors (Lipinski definition) is 5. The van der Waals surface area contributed by atoms with Gasteiger partial charge in [-0.25, -0.2) is 0 Å². The molecule has 6 heteroatoms. The van der Waals surface area contributed by atoms with E-state index >= 15 is 0 Å². The first-order chi connectivity index (χ1) is 12.1. The normalized spacial score (nSPS) is 19.0. The van der Waals surface area contributed by atoms with E-state index in [1.807, 2.05) is 37.3 Å². The second kappa shape index (κ2) is 7.98. The second-order valence-corrected chi connectivity index (χ2v) is 6.25. The lowest BCUT2D eigenvalue weighted by Gasteiger charge is -2.13. The number of carbonyl (C=O) groups is 2. The summed E-state index contributed by atoms with van der Waals surface area (Å²) < 4.78 is 5.77. The molecular weight excluding hydrogens is 318 g/mol. The van der Waals surface area contributed by atoms with Crippen molar-refractivity contribution in [2.75, 3.05) is 13.1 Å². The minimum absolute atomic E-state index is 0.0436. The van der Waals surface area contributed by atoms with Crippen molar-refractivity contribution >= 4 is 11.7 Å². The minimum atomic E-state index is -0.197. The van der Waals surface area contributed by atoms with Gasteiger partial charge in [-0.2, -0.15) is 0 Å². The van der Waals surface area contributed by atoms with E-state index in [2.05, 4.69) is 16.0 Å². The van der Waals surface area contributed by atoms with Gasteiger partial charge in [0.25, 0.3) is 0 Å². The summed E-state index contributed by atoms with van der Waals surface area (Å²) in [6.45, 7) is 3.35. The lowest BCUT2D eigenvalue weighted by molar-refractivity contribution is -0.120. The molecule has 0 spiro atoms. The van der Waals surface area contributed by atoms with Gasteiger partial charge in [-0.15, -0.1) is 0 Å². The molecule has 1 aromatic carbocycles. The maximum Gasteiger partial charge on any atom is 0.233 e. The molecule has 0 saturated heterocycles. The van der Waals surface area contributed by atoms with Crippen LogP contribution in [0.1, 0.15) is 25.3 Å². The largest absolute Gasteiger partial charge is 0.472 e. The number of nitrogens with one attached hydrogen (secondary N) is 3. The number of amides is 1. The molecule has 0 fully saturated rings. The summed E-state index contributed by atoms with van der Waals surface area (Å²) in [4.78, 5) is 23.4. The molecule has 1 aliphatic carbocycles. The lowest BCUT2D eigenvalue weighted by Crippen LogP contribution is -2.36. The first-order valence-electron chi connectivity index (χ1n) is 8.51. The smallest absolute Gasteiger partial charge is 0.233 e. The molecule has 0 radical (unpaired) electrons. The van der Waals surface area contributed by atoms with Crippen LogP contribution in [-0.4, -0.2) is 31.0 Å². The highest BCUT2D eigenvalue weighted by Crippen LogP contribution is 2.29. The van der Waals surface area contributed by atoms with Crippen LogP contribution in [0, 0.1) is 0 Å². The molecule has 1 heterocycles. The fourth-order valence-electron chi connectivity index (χ4n) is 2.94. The zero-order valence-corrected chi connectivity index (χ0v) is 14.3. The van der Waals surface area contributed by atoms with Crippen LogP contribution in [0.2, 0.25) is 0 Å². The van der Waals surface area contributed by atoms with Gasteiger partial charge in [-0.1, -0.05) is 30.3 Å². The molecule has 1 amide bonds. The zero-order valence-electron chi connectivity index (χ0n) is 14.3. The quantitative estimate of drug-likeness (QED) is 0.698. The molecule has 25 heavy (non-hydrogen) atoms.